The van der Waals surface area contributed by atoms with Crippen molar-refractivity contribution in [3.63, 3.8) is 0 Å². The lowest BCUT2D eigenvalue weighted by Crippen LogP contribution is -2.03. The molecule has 0 aliphatic carbocycles. The summed E-state index contributed by atoms with van der Waals surface area (Å²) in [4.78, 5) is 0. The third-order valence-corrected chi connectivity index (χ3v) is 2.98. The van der Waals surface area contributed by atoms with Crippen molar-refractivity contribution in [2.24, 2.45) is 0 Å². The van der Waals surface area contributed by atoms with E-state index in [1.54, 1.807) is 25.1 Å². The number of rotatable bonds is 3. The van der Waals surface area contributed by atoms with E-state index in [4.69, 9.17) is 11.6 Å². The average Bonchev–Trinajstić information content (AvgIpc) is 2.35. The lowest BCUT2D eigenvalue weighted by atomic mass is 10.1. The van der Waals surface area contributed by atoms with E-state index >= 15 is 0 Å². The van der Waals surface area contributed by atoms with E-state index < -0.39 is 0 Å². The Kier molecular flexibility index (Phi) is 3.82. The standard InChI is InChI=1S/C14H12ClF2N/c1-9-12(16)3-2-4-14(9)18-8-10-7-11(15)5-6-13(10)17/h2-7,18H,8H2,1H3. The first-order chi connectivity index (χ1) is 8.58. The zero-order valence-electron chi connectivity index (χ0n) is 9.81. The maximum absolute atomic E-state index is 13.5. The van der Waals surface area contributed by atoms with Gasteiger partial charge < -0.3 is 5.32 Å². The maximum Gasteiger partial charge on any atom is 0.128 e. The summed E-state index contributed by atoms with van der Waals surface area (Å²) in [5.74, 6) is -0.618. The summed E-state index contributed by atoms with van der Waals surface area (Å²) in [5, 5.41) is 3.48. The Bertz CT molecular complexity index is 568. The topological polar surface area (TPSA) is 12.0 Å². The van der Waals surface area contributed by atoms with Crippen LogP contribution in [0.4, 0.5) is 14.5 Å². The van der Waals surface area contributed by atoms with Gasteiger partial charge in [-0.25, -0.2) is 8.78 Å². The second-order valence-electron chi connectivity index (χ2n) is 4.00. The fraction of sp³-hybridized carbons (Fsp3) is 0.143. The Morgan fingerprint density at radius 3 is 2.67 bits per heavy atom. The molecule has 18 heavy (non-hydrogen) atoms. The van der Waals surface area contributed by atoms with Crippen LogP contribution in [0.2, 0.25) is 5.02 Å². The van der Waals surface area contributed by atoms with Gasteiger partial charge in [-0.1, -0.05) is 17.7 Å². The molecule has 0 fully saturated rings. The highest BCUT2D eigenvalue weighted by Crippen LogP contribution is 2.20. The van der Waals surface area contributed by atoms with Crippen molar-refractivity contribution in [3.05, 3.63) is 64.2 Å². The Morgan fingerprint density at radius 2 is 1.89 bits per heavy atom. The van der Waals surface area contributed by atoms with Crippen molar-refractivity contribution in [2.75, 3.05) is 5.32 Å². The third-order valence-electron chi connectivity index (χ3n) is 2.74. The monoisotopic (exact) mass is 267 g/mol. The summed E-state index contributed by atoms with van der Waals surface area (Å²) in [6.07, 6.45) is 0. The van der Waals surface area contributed by atoms with Crippen molar-refractivity contribution < 1.29 is 8.78 Å². The minimum Gasteiger partial charge on any atom is -0.381 e. The molecule has 0 aromatic heterocycles. The minimum absolute atomic E-state index is 0.261. The smallest absolute Gasteiger partial charge is 0.128 e. The molecule has 0 saturated heterocycles. The molecule has 0 amide bonds. The fourth-order valence-corrected chi connectivity index (χ4v) is 1.86. The summed E-state index contributed by atoms with van der Waals surface area (Å²) < 4.78 is 26.8. The summed E-state index contributed by atoms with van der Waals surface area (Å²) in [6, 6.07) is 9.12. The van der Waals surface area contributed by atoms with Crippen molar-refractivity contribution in [3.8, 4) is 0 Å². The largest absolute Gasteiger partial charge is 0.381 e. The van der Waals surface area contributed by atoms with E-state index in [0.29, 0.717) is 21.8 Å². The molecule has 0 unspecified atom stereocenters. The van der Waals surface area contributed by atoms with Gasteiger partial charge in [0.05, 0.1) is 0 Å². The van der Waals surface area contributed by atoms with Gasteiger partial charge in [-0.05, 0) is 37.3 Å². The van der Waals surface area contributed by atoms with Gasteiger partial charge >= 0.3 is 0 Å². The van der Waals surface area contributed by atoms with Crippen LogP contribution in [0.5, 0.6) is 0 Å². The summed E-state index contributed by atoms with van der Waals surface area (Å²) in [7, 11) is 0. The molecule has 2 aromatic rings. The van der Waals surface area contributed by atoms with Crippen molar-refractivity contribution in [2.45, 2.75) is 13.5 Å². The van der Waals surface area contributed by atoms with E-state index in [-0.39, 0.29) is 18.2 Å². The van der Waals surface area contributed by atoms with Crippen molar-refractivity contribution >= 4 is 17.3 Å². The number of anilines is 1. The molecule has 0 radical (unpaired) electrons. The molecule has 0 heterocycles. The molecular formula is C14H12ClF2N. The van der Waals surface area contributed by atoms with Gasteiger partial charge in [0.2, 0.25) is 0 Å². The van der Waals surface area contributed by atoms with Gasteiger partial charge in [0.15, 0.2) is 0 Å². The quantitative estimate of drug-likeness (QED) is 0.861. The molecule has 2 rings (SSSR count). The summed E-state index contributed by atoms with van der Waals surface area (Å²) in [5.41, 5.74) is 1.61. The predicted molar refractivity (Wildman–Crippen MR) is 69.9 cm³/mol. The van der Waals surface area contributed by atoms with Gasteiger partial charge in [0.1, 0.15) is 11.6 Å². The van der Waals surface area contributed by atoms with Crippen LogP contribution >= 0.6 is 11.6 Å². The zero-order valence-corrected chi connectivity index (χ0v) is 10.6. The lowest BCUT2D eigenvalue weighted by molar-refractivity contribution is 0.612. The fourth-order valence-electron chi connectivity index (χ4n) is 1.67. The first-order valence-electron chi connectivity index (χ1n) is 5.51. The molecule has 1 N–H and O–H groups in total. The van der Waals surface area contributed by atoms with E-state index in [9.17, 15) is 8.78 Å². The number of nitrogens with one attached hydrogen (secondary N) is 1. The first kappa shape index (κ1) is 12.8. The molecule has 0 aliphatic rings. The molecule has 0 aliphatic heterocycles. The predicted octanol–water partition coefficient (Wildman–Crippen LogP) is 4.54. The molecule has 1 nitrogen and oxygen atoms in total. The van der Waals surface area contributed by atoms with Crippen LogP contribution in [0.25, 0.3) is 0 Å². The number of benzene rings is 2. The minimum atomic E-state index is -0.332. The van der Waals surface area contributed by atoms with E-state index in [2.05, 4.69) is 5.32 Å². The highest BCUT2D eigenvalue weighted by atomic mass is 35.5. The Labute approximate surface area is 109 Å². The summed E-state index contributed by atoms with van der Waals surface area (Å²) in [6.45, 7) is 1.93. The first-order valence-corrected chi connectivity index (χ1v) is 5.88. The average molecular weight is 268 g/mol. The Balaban J connectivity index is 2.16. The normalized spacial score (nSPS) is 10.4. The second kappa shape index (κ2) is 5.36. The highest BCUT2D eigenvalue weighted by molar-refractivity contribution is 6.30. The zero-order chi connectivity index (χ0) is 13.1. The van der Waals surface area contributed by atoms with Crippen LogP contribution in [0.15, 0.2) is 36.4 Å². The highest BCUT2D eigenvalue weighted by Gasteiger charge is 2.06. The molecule has 0 bridgehead atoms. The van der Waals surface area contributed by atoms with Gasteiger partial charge in [-0.3, -0.25) is 0 Å². The number of halogens is 3. The Morgan fingerprint density at radius 1 is 1.11 bits per heavy atom. The van der Waals surface area contributed by atoms with Gasteiger partial charge in [-0.15, -0.1) is 0 Å². The van der Waals surface area contributed by atoms with E-state index in [1.165, 1.54) is 18.2 Å². The lowest BCUT2D eigenvalue weighted by Gasteiger charge is -2.10. The van der Waals surface area contributed by atoms with Gasteiger partial charge in [-0.2, -0.15) is 0 Å². The van der Waals surface area contributed by atoms with Gasteiger partial charge in [0, 0.05) is 28.4 Å². The van der Waals surface area contributed by atoms with Crippen LogP contribution in [0.3, 0.4) is 0 Å². The van der Waals surface area contributed by atoms with Crippen LogP contribution < -0.4 is 5.32 Å². The molecule has 0 atom stereocenters. The molecule has 4 heteroatoms. The van der Waals surface area contributed by atoms with Crippen LogP contribution in [0, 0.1) is 18.6 Å². The van der Waals surface area contributed by atoms with Crippen LogP contribution in [-0.4, -0.2) is 0 Å². The second-order valence-corrected chi connectivity index (χ2v) is 4.44. The molecule has 0 spiro atoms. The maximum atomic E-state index is 13.5. The summed E-state index contributed by atoms with van der Waals surface area (Å²) >= 11 is 5.80. The molecule has 2 aromatic carbocycles. The number of hydrogen-bond donors (Lipinski definition) is 1. The van der Waals surface area contributed by atoms with Crippen molar-refractivity contribution in [1.82, 2.24) is 0 Å². The molecule has 94 valence electrons. The third kappa shape index (κ3) is 2.79. The van der Waals surface area contributed by atoms with Crippen LogP contribution in [-0.2, 0) is 6.54 Å². The van der Waals surface area contributed by atoms with E-state index in [0.717, 1.165) is 0 Å². The Hall–Kier alpha value is -1.61. The van der Waals surface area contributed by atoms with E-state index in [1.807, 2.05) is 0 Å². The van der Waals surface area contributed by atoms with Crippen molar-refractivity contribution in [1.29, 1.82) is 0 Å². The van der Waals surface area contributed by atoms with Crippen LogP contribution in [0.1, 0.15) is 11.1 Å². The molecular weight excluding hydrogens is 256 g/mol. The molecule has 0 saturated carbocycles. The van der Waals surface area contributed by atoms with Gasteiger partial charge in [0.25, 0.3) is 0 Å². The number of hydrogen-bond acceptors (Lipinski definition) is 1. The SMILES string of the molecule is Cc1c(F)cccc1NCc1cc(Cl)ccc1F.